The molecule has 1 aromatic heterocycles. The van der Waals surface area contributed by atoms with Gasteiger partial charge in [-0.05, 0) is 30.3 Å². The SMILES string of the molecule is COc1ccccc1-c1cc(COc2cccc(N)c2)[nH]n1. The van der Waals surface area contributed by atoms with Crippen molar-refractivity contribution in [1.82, 2.24) is 10.2 Å². The molecule has 3 aromatic rings. The summed E-state index contributed by atoms with van der Waals surface area (Å²) in [5.74, 6) is 1.52. The normalized spacial score (nSPS) is 10.4. The number of ether oxygens (including phenoxy) is 2. The molecule has 0 spiro atoms. The molecule has 5 heteroatoms. The summed E-state index contributed by atoms with van der Waals surface area (Å²) in [7, 11) is 1.65. The minimum Gasteiger partial charge on any atom is -0.496 e. The van der Waals surface area contributed by atoms with E-state index in [4.69, 9.17) is 15.2 Å². The number of hydrogen-bond acceptors (Lipinski definition) is 4. The summed E-state index contributed by atoms with van der Waals surface area (Å²) in [5.41, 5.74) is 9.05. The number of nitrogen functional groups attached to an aromatic ring is 1. The number of benzene rings is 2. The van der Waals surface area contributed by atoms with Gasteiger partial charge in [0.2, 0.25) is 0 Å². The van der Waals surface area contributed by atoms with Crippen molar-refractivity contribution in [3.8, 4) is 22.8 Å². The van der Waals surface area contributed by atoms with E-state index in [1.165, 1.54) is 0 Å². The Morgan fingerprint density at radius 1 is 1.09 bits per heavy atom. The average Bonchev–Trinajstić information content (AvgIpc) is 3.02. The van der Waals surface area contributed by atoms with Crippen LogP contribution < -0.4 is 15.2 Å². The Morgan fingerprint density at radius 2 is 1.95 bits per heavy atom. The Kier molecular flexibility index (Phi) is 3.96. The largest absolute Gasteiger partial charge is 0.496 e. The standard InChI is InChI=1S/C17H17N3O2/c1-21-17-8-3-2-7-15(17)16-10-13(19-20-16)11-22-14-6-4-5-12(18)9-14/h2-10H,11,18H2,1H3,(H,19,20). The van der Waals surface area contributed by atoms with Crippen LogP contribution in [0.1, 0.15) is 5.69 Å². The maximum Gasteiger partial charge on any atom is 0.130 e. The zero-order valence-electron chi connectivity index (χ0n) is 12.2. The molecule has 112 valence electrons. The quantitative estimate of drug-likeness (QED) is 0.709. The third-order valence-corrected chi connectivity index (χ3v) is 3.27. The van der Waals surface area contributed by atoms with Gasteiger partial charge < -0.3 is 15.2 Å². The predicted octanol–water partition coefficient (Wildman–Crippen LogP) is 3.25. The molecule has 0 aliphatic rings. The summed E-state index contributed by atoms with van der Waals surface area (Å²) < 4.78 is 11.0. The number of aromatic amines is 1. The molecular weight excluding hydrogens is 278 g/mol. The lowest BCUT2D eigenvalue weighted by Crippen LogP contribution is -1.96. The maximum absolute atomic E-state index is 5.73. The van der Waals surface area contributed by atoms with E-state index in [0.717, 1.165) is 28.5 Å². The number of H-pyrrole nitrogens is 1. The molecule has 0 saturated heterocycles. The molecule has 1 heterocycles. The summed E-state index contributed by atoms with van der Waals surface area (Å²) in [5, 5.41) is 7.29. The summed E-state index contributed by atoms with van der Waals surface area (Å²) in [4.78, 5) is 0. The third kappa shape index (κ3) is 3.03. The fraction of sp³-hybridized carbons (Fsp3) is 0.118. The zero-order chi connectivity index (χ0) is 15.4. The molecule has 0 aliphatic carbocycles. The van der Waals surface area contributed by atoms with Crippen LogP contribution in [0.3, 0.4) is 0 Å². The van der Waals surface area contributed by atoms with Gasteiger partial charge in [-0.15, -0.1) is 0 Å². The molecule has 2 aromatic carbocycles. The van der Waals surface area contributed by atoms with Gasteiger partial charge in [-0.1, -0.05) is 18.2 Å². The van der Waals surface area contributed by atoms with Crippen LogP contribution >= 0.6 is 0 Å². The fourth-order valence-corrected chi connectivity index (χ4v) is 2.20. The van der Waals surface area contributed by atoms with Crippen LogP contribution in [-0.4, -0.2) is 17.3 Å². The molecule has 3 rings (SSSR count). The third-order valence-electron chi connectivity index (χ3n) is 3.27. The van der Waals surface area contributed by atoms with Crippen LogP contribution in [-0.2, 0) is 6.61 Å². The van der Waals surface area contributed by atoms with E-state index in [1.807, 2.05) is 48.5 Å². The van der Waals surface area contributed by atoms with Gasteiger partial charge in [-0.2, -0.15) is 5.10 Å². The first-order valence-corrected chi connectivity index (χ1v) is 6.92. The Labute approximate surface area is 128 Å². The van der Waals surface area contributed by atoms with Crippen molar-refractivity contribution in [1.29, 1.82) is 0 Å². The van der Waals surface area contributed by atoms with Crippen LogP contribution in [0.2, 0.25) is 0 Å². The highest BCUT2D eigenvalue weighted by molar-refractivity contribution is 5.67. The first-order valence-electron chi connectivity index (χ1n) is 6.92. The molecule has 5 nitrogen and oxygen atoms in total. The van der Waals surface area contributed by atoms with Crippen LogP contribution in [0.25, 0.3) is 11.3 Å². The van der Waals surface area contributed by atoms with E-state index >= 15 is 0 Å². The second-order valence-corrected chi connectivity index (χ2v) is 4.84. The first kappa shape index (κ1) is 14.0. The van der Waals surface area contributed by atoms with Gasteiger partial charge in [0.1, 0.15) is 18.1 Å². The molecule has 0 amide bonds. The van der Waals surface area contributed by atoms with Gasteiger partial charge in [-0.25, -0.2) is 0 Å². The zero-order valence-corrected chi connectivity index (χ0v) is 12.2. The smallest absolute Gasteiger partial charge is 0.130 e. The second kappa shape index (κ2) is 6.22. The van der Waals surface area contributed by atoms with Gasteiger partial charge in [0, 0.05) is 17.3 Å². The van der Waals surface area contributed by atoms with Gasteiger partial charge in [0.15, 0.2) is 0 Å². The minimum absolute atomic E-state index is 0.394. The highest BCUT2D eigenvalue weighted by Crippen LogP contribution is 2.28. The Morgan fingerprint density at radius 3 is 2.77 bits per heavy atom. The molecular formula is C17H17N3O2. The Hall–Kier alpha value is -2.95. The average molecular weight is 295 g/mol. The van der Waals surface area contributed by atoms with Crippen LogP contribution in [0, 0.1) is 0 Å². The van der Waals surface area contributed by atoms with E-state index in [-0.39, 0.29) is 0 Å². The molecule has 0 atom stereocenters. The van der Waals surface area contributed by atoms with E-state index in [9.17, 15) is 0 Å². The van der Waals surface area contributed by atoms with Crippen molar-refractivity contribution >= 4 is 5.69 Å². The molecule has 0 fully saturated rings. The molecule has 0 saturated carbocycles. The summed E-state index contributed by atoms with van der Waals surface area (Å²) in [6, 6.07) is 17.1. The molecule has 0 unspecified atom stereocenters. The van der Waals surface area contributed by atoms with Gasteiger partial charge in [-0.3, -0.25) is 5.10 Å². The van der Waals surface area contributed by atoms with Crippen molar-refractivity contribution in [2.24, 2.45) is 0 Å². The number of nitrogens with one attached hydrogen (secondary N) is 1. The minimum atomic E-state index is 0.394. The highest BCUT2D eigenvalue weighted by Gasteiger charge is 2.09. The van der Waals surface area contributed by atoms with Crippen molar-refractivity contribution in [3.05, 3.63) is 60.3 Å². The van der Waals surface area contributed by atoms with E-state index in [1.54, 1.807) is 13.2 Å². The lowest BCUT2D eigenvalue weighted by Gasteiger charge is -2.05. The predicted molar refractivity (Wildman–Crippen MR) is 85.8 cm³/mol. The number of para-hydroxylation sites is 1. The lowest BCUT2D eigenvalue weighted by molar-refractivity contribution is 0.301. The van der Waals surface area contributed by atoms with Gasteiger partial charge in [0.25, 0.3) is 0 Å². The van der Waals surface area contributed by atoms with Crippen molar-refractivity contribution in [2.45, 2.75) is 6.61 Å². The fourth-order valence-electron chi connectivity index (χ4n) is 2.20. The monoisotopic (exact) mass is 295 g/mol. The van der Waals surface area contributed by atoms with E-state index < -0.39 is 0 Å². The summed E-state index contributed by atoms with van der Waals surface area (Å²) >= 11 is 0. The molecule has 22 heavy (non-hydrogen) atoms. The molecule has 0 aliphatic heterocycles. The van der Waals surface area contributed by atoms with Crippen LogP contribution in [0.4, 0.5) is 5.69 Å². The number of anilines is 1. The number of nitrogens with two attached hydrogens (primary N) is 1. The Balaban J connectivity index is 1.74. The summed E-state index contributed by atoms with van der Waals surface area (Å²) in [6.45, 7) is 0.394. The number of nitrogens with zero attached hydrogens (tertiary/aromatic N) is 1. The summed E-state index contributed by atoms with van der Waals surface area (Å²) in [6.07, 6.45) is 0. The maximum atomic E-state index is 5.73. The van der Waals surface area contributed by atoms with Crippen molar-refractivity contribution in [2.75, 3.05) is 12.8 Å². The van der Waals surface area contributed by atoms with Crippen LogP contribution in [0.15, 0.2) is 54.6 Å². The molecule has 3 N–H and O–H groups in total. The number of methoxy groups -OCH3 is 1. The van der Waals surface area contributed by atoms with Gasteiger partial charge in [0.05, 0.1) is 18.5 Å². The lowest BCUT2D eigenvalue weighted by atomic mass is 10.1. The van der Waals surface area contributed by atoms with E-state index in [0.29, 0.717) is 12.3 Å². The number of rotatable bonds is 5. The Bertz CT molecular complexity index is 768. The van der Waals surface area contributed by atoms with Crippen LogP contribution in [0.5, 0.6) is 11.5 Å². The topological polar surface area (TPSA) is 73.2 Å². The first-order chi connectivity index (χ1) is 10.8. The van der Waals surface area contributed by atoms with Crippen molar-refractivity contribution < 1.29 is 9.47 Å². The second-order valence-electron chi connectivity index (χ2n) is 4.84. The molecule has 0 bridgehead atoms. The molecule has 0 radical (unpaired) electrons. The number of aromatic nitrogens is 2. The van der Waals surface area contributed by atoms with Gasteiger partial charge >= 0.3 is 0 Å². The van der Waals surface area contributed by atoms with Crippen molar-refractivity contribution in [3.63, 3.8) is 0 Å². The van der Waals surface area contributed by atoms with E-state index in [2.05, 4.69) is 10.2 Å². The number of hydrogen-bond donors (Lipinski definition) is 2. The highest BCUT2D eigenvalue weighted by atomic mass is 16.5.